The predicted octanol–water partition coefficient (Wildman–Crippen LogP) is 3.70. The number of aromatic nitrogens is 1. The van der Waals surface area contributed by atoms with Crippen LogP contribution in [-0.4, -0.2) is 10.1 Å². The molecular weight excluding hydrogens is 258 g/mol. The largest absolute Gasteiger partial charge is 0.346 e. The average Bonchev–Trinajstić information content (AvgIpc) is 2.78. The van der Waals surface area contributed by atoms with E-state index in [4.69, 9.17) is 0 Å². The van der Waals surface area contributed by atoms with E-state index in [1.165, 1.54) is 12.1 Å². The van der Waals surface area contributed by atoms with Crippen LogP contribution in [0.1, 0.15) is 32.0 Å². The fourth-order valence-electron chi connectivity index (χ4n) is 1.97. The molecule has 20 heavy (non-hydrogen) atoms. The van der Waals surface area contributed by atoms with Gasteiger partial charge in [-0.1, -0.05) is 0 Å². The van der Waals surface area contributed by atoms with Crippen LogP contribution in [0.2, 0.25) is 0 Å². The van der Waals surface area contributed by atoms with E-state index in [1.807, 2.05) is 22.9 Å². The number of nitrogens with one attached hydrogen (secondary N) is 1. The Kier molecular flexibility index (Phi) is 4.23. The Hall–Kier alpha value is -1.68. The van der Waals surface area contributed by atoms with E-state index >= 15 is 0 Å². The lowest BCUT2D eigenvalue weighted by atomic mass is 10.1. The van der Waals surface area contributed by atoms with Gasteiger partial charge in [0.1, 0.15) is 11.6 Å². The van der Waals surface area contributed by atoms with Gasteiger partial charge < -0.3 is 9.88 Å². The molecule has 2 nitrogen and oxygen atoms in total. The maximum atomic E-state index is 13.7. The van der Waals surface area contributed by atoms with Crippen LogP contribution in [0.3, 0.4) is 0 Å². The summed E-state index contributed by atoms with van der Waals surface area (Å²) in [5.41, 5.74) is 1.42. The lowest BCUT2D eigenvalue weighted by molar-refractivity contribution is 0.416. The molecule has 1 aromatic carbocycles. The van der Waals surface area contributed by atoms with Gasteiger partial charge in [-0.15, -0.1) is 0 Å². The highest BCUT2D eigenvalue weighted by Crippen LogP contribution is 2.14. The van der Waals surface area contributed by atoms with Crippen molar-refractivity contribution < 1.29 is 8.78 Å². The van der Waals surface area contributed by atoms with Crippen molar-refractivity contribution in [3.8, 4) is 0 Å². The van der Waals surface area contributed by atoms with E-state index in [9.17, 15) is 8.78 Å². The van der Waals surface area contributed by atoms with Crippen molar-refractivity contribution >= 4 is 0 Å². The molecule has 0 fully saturated rings. The Morgan fingerprint density at radius 1 is 1.15 bits per heavy atom. The SMILES string of the molecule is CC(C)(C)NCc1cccn1Cc1cc(F)ccc1F. The highest BCUT2D eigenvalue weighted by atomic mass is 19.1. The predicted molar refractivity (Wildman–Crippen MR) is 76.5 cm³/mol. The first-order chi connectivity index (χ1) is 9.35. The number of benzene rings is 1. The van der Waals surface area contributed by atoms with Gasteiger partial charge in [-0.05, 0) is 51.1 Å². The summed E-state index contributed by atoms with van der Waals surface area (Å²) in [6.45, 7) is 7.29. The fourth-order valence-corrected chi connectivity index (χ4v) is 1.97. The van der Waals surface area contributed by atoms with Crippen LogP contribution >= 0.6 is 0 Å². The van der Waals surface area contributed by atoms with Crippen LogP contribution in [0.4, 0.5) is 8.78 Å². The molecule has 0 amide bonds. The number of halogens is 2. The van der Waals surface area contributed by atoms with Crippen LogP contribution in [0.15, 0.2) is 36.5 Å². The third kappa shape index (κ3) is 3.90. The minimum absolute atomic E-state index is 0.0131. The molecular formula is C16H20F2N2. The smallest absolute Gasteiger partial charge is 0.128 e. The lowest BCUT2D eigenvalue weighted by Gasteiger charge is -2.21. The van der Waals surface area contributed by atoms with Crippen molar-refractivity contribution in [1.29, 1.82) is 0 Å². The van der Waals surface area contributed by atoms with Crippen LogP contribution < -0.4 is 5.32 Å². The van der Waals surface area contributed by atoms with Gasteiger partial charge in [-0.25, -0.2) is 8.78 Å². The molecule has 1 heterocycles. The highest BCUT2D eigenvalue weighted by Gasteiger charge is 2.11. The summed E-state index contributed by atoms with van der Waals surface area (Å²) in [5, 5.41) is 3.39. The van der Waals surface area contributed by atoms with E-state index in [-0.39, 0.29) is 11.4 Å². The number of rotatable bonds is 4. The monoisotopic (exact) mass is 278 g/mol. The molecule has 0 saturated carbocycles. The van der Waals surface area contributed by atoms with Gasteiger partial charge in [0.15, 0.2) is 0 Å². The molecule has 0 aliphatic carbocycles. The van der Waals surface area contributed by atoms with Crippen molar-refractivity contribution in [2.45, 2.75) is 39.4 Å². The van der Waals surface area contributed by atoms with Gasteiger partial charge in [0.2, 0.25) is 0 Å². The fraction of sp³-hybridized carbons (Fsp3) is 0.375. The van der Waals surface area contributed by atoms with Crippen molar-refractivity contribution in [1.82, 2.24) is 9.88 Å². The third-order valence-electron chi connectivity index (χ3n) is 3.07. The molecule has 1 aromatic heterocycles. The Bertz CT molecular complexity index is 582. The maximum absolute atomic E-state index is 13.7. The topological polar surface area (TPSA) is 17.0 Å². The van der Waals surface area contributed by atoms with E-state index in [0.717, 1.165) is 11.8 Å². The quantitative estimate of drug-likeness (QED) is 0.902. The van der Waals surface area contributed by atoms with Crippen LogP contribution in [-0.2, 0) is 13.1 Å². The zero-order chi connectivity index (χ0) is 14.8. The zero-order valence-electron chi connectivity index (χ0n) is 12.1. The first-order valence-electron chi connectivity index (χ1n) is 6.68. The average molecular weight is 278 g/mol. The summed E-state index contributed by atoms with van der Waals surface area (Å²) in [5.74, 6) is -0.794. The van der Waals surface area contributed by atoms with Gasteiger partial charge in [-0.2, -0.15) is 0 Å². The van der Waals surface area contributed by atoms with Crippen LogP contribution in [0, 0.1) is 11.6 Å². The Balaban J connectivity index is 2.14. The molecule has 0 aliphatic heterocycles. The second-order valence-electron chi connectivity index (χ2n) is 5.97. The maximum Gasteiger partial charge on any atom is 0.128 e. The van der Waals surface area contributed by atoms with Gasteiger partial charge in [0.05, 0.1) is 6.54 Å². The third-order valence-corrected chi connectivity index (χ3v) is 3.07. The van der Waals surface area contributed by atoms with Gasteiger partial charge in [0.25, 0.3) is 0 Å². The van der Waals surface area contributed by atoms with Crippen molar-refractivity contribution in [2.75, 3.05) is 0 Å². The van der Waals surface area contributed by atoms with Gasteiger partial charge in [0, 0.05) is 29.5 Å². The first-order valence-corrected chi connectivity index (χ1v) is 6.68. The Morgan fingerprint density at radius 3 is 2.60 bits per heavy atom. The second kappa shape index (κ2) is 5.75. The molecule has 0 radical (unpaired) electrons. The van der Waals surface area contributed by atoms with E-state index in [1.54, 1.807) is 0 Å². The second-order valence-corrected chi connectivity index (χ2v) is 5.97. The molecule has 0 atom stereocenters. The standard InChI is InChI=1S/C16H20F2N2/c1-16(2,3)19-10-14-5-4-8-20(14)11-12-9-13(17)6-7-15(12)18/h4-9,19H,10-11H2,1-3H3. The molecule has 108 valence electrons. The summed E-state index contributed by atoms with van der Waals surface area (Å²) in [4.78, 5) is 0. The summed E-state index contributed by atoms with van der Waals surface area (Å²) in [7, 11) is 0. The molecule has 2 aromatic rings. The molecule has 4 heteroatoms. The molecule has 0 saturated heterocycles. The summed E-state index contributed by atoms with van der Waals surface area (Å²) in [6, 6.07) is 7.45. The van der Waals surface area contributed by atoms with Crippen molar-refractivity contribution in [2.24, 2.45) is 0 Å². The molecule has 2 rings (SSSR count). The minimum atomic E-state index is -0.414. The van der Waals surface area contributed by atoms with Crippen molar-refractivity contribution in [3.05, 3.63) is 59.4 Å². The van der Waals surface area contributed by atoms with E-state index in [2.05, 4.69) is 26.1 Å². The minimum Gasteiger partial charge on any atom is -0.346 e. The van der Waals surface area contributed by atoms with Crippen molar-refractivity contribution in [3.63, 3.8) is 0 Å². The number of hydrogen-bond donors (Lipinski definition) is 1. The normalized spacial score (nSPS) is 11.8. The van der Waals surface area contributed by atoms with Crippen LogP contribution in [0.5, 0.6) is 0 Å². The molecule has 1 N–H and O–H groups in total. The van der Waals surface area contributed by atoms with Gasteiger partial charge >= 0.3 is 0 Å². The Labute approximate surface area is 118 Å². The Morgan fingerprint density at radius 2 is 1.90 bits per heavy atom. The molecule has 0 spiro atoms. The lowest BCUT2D eigenvalue weighted by Crippen LogP contribution is -2.35. The van der Waals surface area contributed by atoms with E-state index in [0.29, 0.717) is 18.7 Å². The number of hydrogen-bond acceptors (Lipinski definition) is 1. The summed E-state index contributed by atoms with van der Waals surface area (Å²) >= 11 is 0. The molecule has 0 bridgehead atoms. The molecule has 0 aliphatic rings. The summed E-state index contributed by atoms with van der Waals surface area (Å²) in [6.07, 6.45) is 1.88. The highest BCUT2D eigenvalue weighted by molar-refractivity contribution is 5.20. The number of nitrogens with zero attached hydrogens (tertiary/aromatic N) is 1. The zero-order valence-corrected chi connectivity index (χ0v) is 12.1. The van der Waals surface area contributed by atoms with Gasteiger partial charge in [-0.3, -0.25) is 0 Å². The summed E-state index contributed by atoms with van der Waals surface area (Å²) < 4.78 is 28.8. The van der Waals surface area contributed by atoms with Crippen LogP contribution in [0.25, 0.3) is 0 Å². The van der Waals surface area contributed by atoms with E-state index < -0.39 is 5.82 Å². The first kappa shape index (κ1) is 14.7. The molecule has 0 unspecified atom stereocenters.